The normalized spacial score (nSPS) is 27.4. The molecule has 6 heteroatoms. The average molecular weight is 253 g/mol. The lowest BCUT2D eigenvalue weighted by molar-refractivity contribution is -0.0252. The molecule has 1 aliphatic heterocycles. The molecule has 2 atom stereocenters. The molecule has 1 aliphatic rings. The van der Waals surface area contributed by atoms with Gasteiger partial charge in [0.25, 0.3) is 5.91 Å². The van der Waals surface area contributed by atoms with Gasteiger partial charge in [0.2, 0.25) is 0 Å². The molecule has 0 aromatic carbocycles. The number of anilines is 1. The van der Waals surface area contributed by atoms with E-state index < -0.39 is 5.60 Å². The number of amides is 1. The summed E-state index contributed by atoms with van der Waals surface area (Å²) in [6.45, 7) is 2.50. The Kier molecular flexibility index (Phi) is 3.32. The topological polar surface area (TPSA) is 89.5 Å². The third-order valence-corrected chi connectivity index (χ3v) is 3.47. The minimum atomic E-state index is -0.980. The summed E-state index contributed by atoms with van der Waals surface area (Å²) in [6, 6.07) is 1.61. The van der Waals surface area contributed by atoms with Gasteiger partial charge in [-0.25, -0.2) is 0 Å². The van der Waals surface area contributed by atoms with Gasteiger partial charge in [0, 0.05) is 32.8 Å². The number of hydrogen-bond acceptors (Lipinski definition) is 4. The number of hydrogen-bond donors (Lipinski definition) is 3. The molecule has 4 N–H and O–H groups in total. The molecule has 0 spiro atoms. The van der Waals surface area contributed by atoms with E-state index in [4.69, 9.17) is 10.5 Å². The highest BCUT2D eigenvalue weighted by Crippen LogP contribution is 2.24. The lowest BCUT2D eigenvalue weighted by Crippen LogP contribution is -2.47. The number of aliphatic hydroxyl groups is 1. The fourth-order valence-corrected chi connectivity index (χ4v) is 2.14. The van der Waals surface area contributed by atoms with Gasteiger partial charge in [0.05, 0.1) is 11.8 Å². The zero-order chi connectivity index (χ0) is 13.3. The van der Waals surface area contributed by atoms with Crippen LogP contribution < -0.4 is 11.1 Å². The number of carbonyl (C=O) groups is 1. The molecule has 2 rings (SSSR count). The zero-order valence-electron chi connectivity index (χ0n) is 10.6. The molecule has 2 unspecified atom stereocenters. The van der Waals surface area contributed by atoms with Crippen molar-refractivity contribution in [2.75, 3.05) is 18.9 Å². The second-order valence-corrected chi connectivity index (χ2v) is 4.82. The lowest BCUT2D eigenvalue weighted by atomic mass is 9.97. The van der Waals surface area contributed by atoms with Gasteiger partial charge in [0.1, 0.15) is 11.3 Å². The van der Waals surface area contributed by atoms with Gasteiger partial charge in [-0.3, -0.25) is 4.79 Å². The number of aryl methyl sites for hydroxylation is 1. The fourth-order valence-electron chi connectivity index (χ4n) is 2.14. The quantitative estimate of drug-likeness (QED) is 0.700. The van der Waals surface area contributed by atoms with Gasteiger partial charge in [-0.1, -0.05) is 0 Å². The molecule has 6 nitrogen and oxygen atoms in total. The highest BCUT2D eigenvalue weighted by Gasteiger charge is 2.39. The van der Waals surface area contributed by atoms with E-state index in [1.165, 1.54) is 0 Å². The Balaban J connectivity index is 1.98. The number of nitrogens with zero attached hydrogens (tertiary/aromatic N) is 1. The second kappa shape index (κ2) is 4.62. The first-order chi connectivity index (χ1) is 8.42. The maximum absolute atomic E-state index is 11.9. The van der Waals surface area contributed by atoms with Crippen molar-refractivity contribution in [2.45, 2.75) is 25.0 Å². The van der Waals surface area contributed by atoms with Crippen LogP contribution in [0.5, 0.6) is 0 Å². The highest BCUT2D eigenvalue weighted by atomic mass is 16.5. The van der Waals surface area contributed by atoms with Gasteiger partial charge < -0.3 is 25.5 Å². The highest BCUT2D eigenvalue weighted by molar-refractivity contribution is 5.93. The smallest absolute Gasteiger partial charge is 0.268 e. The van der Waals surface area contributed by atoms with Crippen molar-refractivity contribution in [1.82, 2.24) is 9.88 Å². The van der Waals surface area contributed by atoms with Crippen LogP contribution in [0.25, 0.3) is 0 Å². The summed E-state index contributed by atoms with van der Waals surface area (Å²) in [5.74, 6) is -0.248. The molecule has 0 saturated carbocycles. The Morgan fingerprint density at radius 1 is 1.78 bits per heavy atom. The molecule has 0 bridgehead atoms. The van der Waals surface area contributed by atoms with Crippen molar-refractivity contribution in [1.29, 1.82) is 0 Å². The van der Waals surface area contributed by atoms with Crippen LogP contribution in [-0.2, 0) is 11.8 Å². The molecule has 18 heavy (non-hydrogen) atoms. The standard InChI is InChI=1S/C12H19N3O3/c1-8-12(17,3-4-18-8)7-14-11(16)10-5-9(13)6-15(10)2/h5-6,8,17H,3-4,7,13H2,1-2H3,(H,14,16). The van der Waals surface area contributed by atoms with E-state index in [-0.39, 0.29) is 18.6 Å². The maximum atomic E-state index is 11.9. The monoisotopic (exact) mass is 253 g/mol. The van der Waals surface area contributed by atoms with Crippen LogP contribution in [0, 0.1) is 0 Å². The van der Waals surface area contributed by atoms with Crippen molar-refractivity contribution in [3.8, 4) is 0 Å². The number of rotatable bonds is 3. The molecular formula is C12H19N3O3. The summed E-state index contributed by atoms with van der Waals surface area (Å²) in [7, 11) is 1.75. The first-order valence-corrected chi connectivity index (χ1v) is 5.96. The van der Waals surface area contributed by atoms with Crippen LogP contribution in [0.3, 0.4) is 0 Å². The molecule has 1 aromatic heterocycles. The van der Waals surface area contributed by atoms with Crippen LogP contribution in [0.1, 0.15) is 23.8 Å². The fraction of sp³-hybridized carbons (Fsp3) is 0.583. The van der Waals surface area contributed by atoms with E-state index in [0.29, 0.717) is 24.4 Å². The molecule has 1 aromatic rings. The SMILES string of the molecule is CC1OCCC1(O)CNC(=O)c1cc(N)cn1C. The van der Waals surface area contributed by atoms with E-state index in [9.17, 15) is 9.90 Å². The predicted molar refractivity (Wildman–Crippen MR) is 67.1 cm³/mol. The van der Waals surface area contributed by atoms with Crippen molar-refractivity contribution >= 4 is 11.6 Å². The van der Waals surface area contributed by atoms with Crippen molar-refractivity contribution in [3.05, 3.63) is 18.0 Å². The molecule has 2 heterocycles. The lowest BCUT2D eigenvalue weighted by Gasteiger charge is -2.26. The summed E-state index contributed by atoms with van der Waals surface area (Å²) >= 11 is 0. The van der Waals surface area contributed by atoms with Crippen LogP contribution in [0.15, 0.2) is 12.3 Å². The van der Waals surface area contributed by atoms with Crippen molar-refractivity contribution in [2.24, 2.45) is 7.05 Å². The number of aromatic nitrogens is 1. The van der Waals surface area contributed by atoms with E-state index in [1.54, 1.807) is 30.8 Å². The molecule has 0 radical (unpaired) electrons. The van der Waals surface area contributed by atoms with Gasteiger partial charge in [-0.15, -0.1) is 0 Å². The van der Waals surface area contributed by atoms with Crippen molar-refractivity contribution in [3.63, 3.8) is 0 Å². The van der Waals surface area contributed by atoms with E-state index in [1.807, 2.05) is 0 Å². The van der Waals surface area contributed by atoms with E-state index >= 15 is 0 Å². The van der Waals surface area contributed by atoms with Crippen LogP contribution in [-0.4, -0.2) is 40.4 Å². The van der Waals surface area contributed by atoms with Crippen LogP contribution in [0.2, 0.25) is 0 Å². The summed E-state index contributed by atoms with van der Waals surface area (Å²) in [6.07, 6.45) is 1.94. The Morgan fingerprint density at radius 2 is 2.50 bits per heavy atom. The molecular weight excluding hydrogens is 234 g/mol. The zero-order valence-corrected chi connectivity index (χ0v) is 10.6. The number of carbonyl (C=O) groups excluding carboxylic acids is 1. The Labute approximate surface area is 106 Å². The molecule has 0 aliphatic carbocycles. The average Bonchev–Trinajstić information content (AvgIpc) is 2.80. The number of nitrogens with one attached hydrogen (secondary N) is 1. The van der Waals surface area contributed by atoms with Gasteiger partial charge >= 0.3 is 0 Å². The predicted octanol–water partition coefficient (Wildman–Crippen LogP) is -0.123. The maximum Gasteiger partial charge on any atom is 0.268 e. The first kappa shape index (κ1) is 12.9. The van der Waals surface area contributed by atoms with Gasteiger partial charge in [-0.05, 0) is 13.0 Å². The molecule has 1 saturated heterocycles. The van der Waals surface area contributed by atoms with Crippen molar-refractivity contribution < 1.29 is 14.6 Å². The van der Waals surface area contributed by atoms with E-state index in [0.717, 1.165) is 0 Å². The largest absolute Gasteiger partial charge is 0.397 e. The van der Waals surface area contributed by atoms with Gasteiger partial charge in [-0.2, -0.15) is 0 Å². The number of ether oxygens (including phenoxy) is 1. The minimum Gasteiger partial charge on any atom is -0.397 e. The minimum absolute atomic E-state index is 0.179. The van der Waals surface area contributed by atoms with E-state index in [2.05, 4.69) is 5.32 Å². The summed E-state index contributed by atoms with van der Waals surface area (Å²) in [5, 5.41) is 13.0. The first-order valence-electron chi connectivity index (χ1n) is 5.96. The molecule has 1 fully saturated rings. The number of nitrogens with two attached hydrogens (primary N) is 1. The third-order valence-electron chi connectivity index (χ3n) is 3.47. The van der Waals surface area contributed by atoms with Gasteiger partial charge in [0.15, 0.2) is 0 Å². The Morgan fingerprint density at radius 3 is 3.00 bits per heavy atom. The number of nitrogen functional groups attached to an aromatic ring is 1. The summed E-state index contributed by atoms with van der Waals surface area (Å²) < 4.78 is 6.96. The van der Waals surface area contributed by atoms with Crippen LogP contribution in [0.4, 0.5) is 5.69 Å². The van der Waals surface area contributed by atoms with Crippen LogP contribution >= 0.6 is 0 Å². The summed E-state index contributed by atoms with van der Waals surface area (Å²) in [4.78, 5) is 11.9. The second-order valence-electron chi connectivity index (χ2n) is 4.82. The molecule has 100 valence electrons. The molecule has 1 amide bonds. The third kappa shape index (κ3) is 2.34. The summed E-state index contributed by atoms with van der Waals surface area (Å²) in [5.41, 5.74) is 5.65. The Bertz CT molecular complexity index is 457. The Hall–Kier alpha value is -1.53.